The van der Waals surface area contributed by atoms with Gasteiger partial charge in [0.1, 0.15) is 0 Å². The van der Waals surface area contributed by atoms with Crippen LogP contribution in [0.5, 0.6) is 0 Å². The number of halogens is 3. The maximum Gasteiger partial charge on any atom is 0.501 e. The summed E-state index contributed by atoms with van der Waals surface area (Å²) in [6.07, 6.45) is 0. The predicted octanol–water partition coefficient (Wildman–Crippen LogP) is 3.67. The summed E-state index contributed by atoms with van der Waals surface area (Å²) in [5, 5.41) is 3.93. The number of hydrogen-bond acceptors (Lipinski definition) is 5. The Kier molecular flexibility index (Phi) is 4.48. The van der Waals surface area contributed by atoms with Crippen LogP contribution in [-0.4, -0.2) is 18.9 Å². The summed E-state index contributed by atoms with van der Waals surface area (Å²) in [5.41, 5.74) is -3.92. The molecule has 1 N–H and O–H groups in total. The van der Waals surface area contributed by atoms with Crippen LogP contribution < -0.4 is 5.32 Å². The zero-order valence-corrected chi connectivity index (χ0v) is 13.4. The summed E-state index contributed by atoms with van der Waals surface area (Å²) < 4.78 is 59.8. The maximum absolute atomic E-state index is 12.4. The number of aromatic nitrogens is 1. The van der Waals surface area contributed by atoms with Crippen molar-refractivity contribution in [2.75, 3.05) is 5.32 Å². The molecule has 0 bridgehead atoms. The molecule has 0 radical (unpaired) electrons. The number of aryl methyl sites for hydroxylation is 2. The number of anilines is 1. The molecule has 4 nitrogen and oxygen atoms in total. The van der Waals surface area contributed by atoms with E-state index in [4.69, 9.17) is 0 Å². The minimum atomic E-state index is -5.30. The molecule has 0 spiro atoms. The quantitative estimate of drug-likeness (QED) is 0.914. The number of hydrogen-bond donors (Lipinski definition) is 1. The second-order valence-electron chi connectivity index (χ2n) is 4.56. The van der Waals surface area contributed by atoms with Crippen LogP contribution in [0.1, 0.15) is 15.6 Å². The minimum absolute atomic E-state index is 0.418. The summed E-state index contributed by atoms with van der Waals surface area (Å²) in [7, 11) is -5.30. The Morgan fingerprint density at radius 2 is 1.77 bits per heavy atom. The van der Waals surface area contributed by atoms with Gasteiger partial charge in [-0.25, -0.2) is 13.4 Å². The molecule has 120 valence electrons. The molecule has 0 saturated heterocycles. The molecule has 1 heterocycles. The van der Waals surface area contributed by atoms with Crippen LogP contribution >= 0.6 is 11.3 Å². The highest BCUT2D eigenvalue weighted by Gasteiger charge is 2.46. The number of thiazole rings is 1. The van der Waals surface area contributed by atoms with Crippen LogP contribution in [0.3, 0.4) is 0 Å². The first kappa shape index (κ1) is 16.8. The smallest absolute Gasteiger partial charge is 0.379 e. The zero-order valence-electron chi connectivity index (χ0n) is 11.7. The molecule has 22 heavy (non-hydrogen) atoms. The van der Waals surface area contributed by atoms with Gasteiger partial charge in [-0.3, -0.25) is 0 Å². The van der Waals surface area contributed by atoms with E-state index in [-0.39, 0.29) is 0 Å². The van der Waals surface area contributed by atoms with Gasteiger partial charge in [-0.2, -0.15) is 13.2 Å². The van der Waals surface area contributed by atoms with Crippen LogP contribution in [-0.2, 0) is 16.4 Å². The average Bonchev–Trinajstić information content (AvgIpc) is 2.74. The Bertz CT molecular complexity index is 766. The summed E-state index contributed by atoms with van der Waals surface area (Å²) in [6.45, 7) is 4.24. The van der Waals surface area contributed by atoms with Crippen LogP contribution in [0, 0.1) is 13.8 Å². The van der Waals surface area contributed by atoms with Crippen LogP contribution in [0.4, 0.5) is 18.9 Å². The molecule has 9 heteroatoms. The van der Waals surface area contributed by atoms with E-state index in [0.717, 1.165) is 27.7 Å². The molecule has 0 atom stereocenters. The van der Waals surface area contributed by atoms with Gasteiger partial charge in [-0.05, 0) is 38.1 Å². The lowest BCUT2D eigenvalue weighted by molar-refractivity contribution is -0.0436. The lowest BCUT2D eigenvalue weighted by Crippen LogP contribution is -2.23. The van der Waals surface area contributed by atoms with Crippen LogP contribution in [0.25, 0.3) is 0 Å². The summed E-state index contributed by atoms with van der Waals surface area (Å²) >= 11 is 1.56. The van der Waals surface area contributed by atoms with E-state index < -0.39 is 20.2 Å². The molecule has 1 aromatic heterocycles. The van der Waals surface area contributed by atoms with E-state index in [1.54, 1.807) is 11.3 Å². The summed E-state index contributed by atoms with van der Waals surface area (Å²) in [6, 6.07) is 4.47. The molecule has 2 rings (SSSR count). The Labute approximate surface area is 129 Å². The number of nitrogens with one attached hydrogen (secondary N) is 1. The van der Waals surface area contributed by atoms with E-state index in [2.05, 4.69) is 10.3 Å². The van der Waals surface area contributed by atoms with Gasteiger partial charge in [-0.1, -0.05) is 0 Å². The minimum Gasteiger partial charge on any atom is -0.379 e. The molecule has 1 aromatic carbocycles. The fourth-order valence-electron chi connectivity index (χ4n) is 1.81. The SMILES string of the molecule is Cc1nc(CNc2ccc(S(=O)(=O)C(F)(F)F)cc2)c(C)s1. The van der Waals surface area contributed by atoms with Crippen molar-refractivity contribution in [3.63, 3.8) is 0 Å². The Balaban J connectivity index is 2.12. The van der Waals surface area contributed by atoms with Crippen molar-refractivity contribution < 1.29 is 21.6 Å². The zero-order chi connectivity index (χ0) is 16.5. The Morgan fingerprint density at radius 1 is 1.18 bits per heavy atom. The molecule has 0 unspecified atom stereocenters. The molecular formula is C13H13F3N2O2S2. The van der Waals surface area contributed by atoms with Gasteiger partial charge in [0, 0.05) is 10.6 Å². The Hall–Kier alpha value is -1.61. The molecule has 2 aromatic rings. The van der Waals surface area contributed by atoms with E-state index in [0.29, 0.717) is 12.2 Å². The first-order valence-corrected chi connectivity index (χ1v) is 8.49. The van der Waals surface area contributed by atoms with E-state index in [9.17, 15) is 21.6 Å². The molecule has 0 aliphatic heterocycles. The van der Waals surface area contributed by atoms with Crippen molar-refractivity contribution in [1.82, 2.24) is 4.98 Å². The van der Waals surface area contributed by atoms with Gasteiger partial charge in [0.05, 0.1) is 22.1 Å². The molecule has 0 fully saturated rings. The highest BCUT2D eigenvalue weighted by atomic mass is 32.2. The second kappa shape index (κ2) is 5.88. The highest BCUT2D eigenvalue weighted by molar-refractivity contribution is 7.92. The number of rotatable bonds is 4. The average molecular weight is 350 g/mol. The van der Waals surface area contributed by atoms with Crippen molar-refractivity contribution in [2.24, 2.45) is 0 Å². The third-order valence-corrected chi connectivity index (χ3v) is 5.36. The third kappa shape index (κ3) is 3.41. The van der Waals surface area contributed by atoms with Gasteiger partial charge in [-0.15, -0.1) is 11.3 Å². The lowest BCUT2D eigenvalue weighted by atomic mass is 10.3. The van der Waals surface area contributed by atoms with Crippen molar-refractivity contribution in [1.29, 1.82) is 0 Å². The van der Waals surface area contributed by atoms with Gasteiger partial charge >= 0.3 is 5.51 Å². The normalized spacial score (nSPS) is 12.4. The van der Waals surface area contributed by atoms with Crippen LogP contribution in [0.15, 0.2) is 29.2 Å². The number of benzene rings is 1. The largest absolute Gasteiger partial charge is 0.501 e. The fraction of sp³-hybridized carbons (Fsp3) is 0.308. The Morgan fingerprint density at radius 3 is 2.23 bits per heavy atom. The van der Waals surface area contributed by atoms with Crippen molar-refractivity contribution >= 4 is 26.9 Å². The fourth-order valence-corrected chi connectivity index (χ4v) is 3.40. The lowest BCUT2D eigenvalue weighted by Gasteiger charge is -2.09. The number of nitrogens with zero attached hydrogens (tertiary/aromatic N) is 1. The highest BCUT2D eigenvalue weighted by Crippen LogP contribution is 2.30. The van der Waals surface area contributed by atoms with Crippen molar-refractivity contribution in [3.8, 4) is 0 Å². The van der Waals surface area contributed by atoms with Gasteiger partial charge in [0.15, 0.2) is 0 Å². The van der Waals surface area contributed by atoms with Gasteiger partial charge in [0.2, 0.25) is 0 Å². The standard InChI is InChI=1S/C13H13F3N2O2S2/c1-8-12(18-9(2)21-8)7-17-10-3-5-11(6-4-10)22(19,20)13(14,15)16/h3-6,17H,7H2,1-2H3. The number of sulfone groups is 1. The van der Waals surface area contributed by atoms with E-state index >= 15 is 0 Å². The number of alkyl halides is 3. The van der Waals surface area contributed by atoms with Crippen molar-refractivity contribution in [3.05, 3.63) is 39.8 Å². The topological polar surface area (TPSA) is 59.1 Å². The molecular weight excluding hydrogens is 337 g/mol. The first-order chi connectivity index (χ1) is 10.1. The van der Waals surface area contributed by atoms with Gasteiger partial charge in [0.25, 0.3) is 9.84 Å². The molecule has 0 saturated carbocycles. The molecule has 0 aliphatic rings. The predicted molar refractivity (Wildman–Crippen MR) is 78.6 cm³/mol. The third-order valence-electron chi connectivity index (χ3n) is 2.93. The molecule has 0 amide bonds. The maximum atomic E-state index is 12.4. The second-order valence-corrected chi connectivity index (χ2v) is 7.91. The van der Waals surface area contributed by atoms with Crippen molar-refractivity contribution in [2.45, 2.75) is 30.8 Å². The first-order valence-electron chi connectivity index (χ1n) is 6.19. The summed E-state index contributed by atoms with van der Waals surface area (Å²) in [5.74, 6) is 0. The summed E-state index contributed by atoms with van der Waals surface area (Å²) in [4.78, 5) is 4.61. The van der Waals surface area contributed by atoms with Crippen LogP contribution in [0.2, 0.25) is 0 Å². The van der Waals surface area contributed by atoms with E-state index in [1.165, 1.54) is 12.1 Å². The molecule has 0 aliphatic carbocycles. The monoisotopic (exact) mass is 350 g/mol. The van der Waals surface area contributed by atoms with Gasteiger partial charge < -0.3 is 5.32 Å². The van der Waals surface area contributed by atoms with E-state index in [1.807, 2.05) is 13.8 Å².